The molecule has 0 aliphatic heterocycles. The van der Waals surface area contributed by atoms with Gasteiger partial charge in [0.05, 0.1) is 6.61 Å². The number of carbonyl (C=O) groups is 1. The normalized spacial score (nSPS) is 9.92. The Morgan fingerprint density at radius 2 is 2.08 bits per heavy atom. The monoisotopic (exact) mass is 173 g/mol. The highest BCUT2D eigenvalue weighted by Crippen LogP contribution is 1.93. The molecule has 0 heterocycles. The zero-order chi connectivity index (χ0) is 9.40. The third-order valence-electron chi connectivity index (χ3n) is 1.66. The molecular formula is C9H19NO2. The lowest BCUT2D eigenvalue weighted by Crippen LogP contribution is -2.29. The van der Waals surface area contributed by atoms with Crippen molar-refractivity contribution < 1.29 is 9.53 Å². The summed E-state index contributed by atoms with van der Waals surface area (Å²) in [7, 11) is 1.82. The molecule has 0 aliphatic rings. The van der Waals surface area contributed by atoms with E-state index in [1.54, 1.807) is 4.90 Å². The molecule has 0 aliphatic carbocycles. The minimum atomic E-state index is 0.206. The first-order valence-corrected chi connectivity index (χ1v) is 4.54. The molecule has 0 atom stereocenters. The molecule has 1 amide bonds. The average molecular weight is 173 g/mol. The fourth-order valence-corrected chi connectivity index (χ4v) is 0.875. The van der Waals surface area contributed by atoms with Gasteiger partial charge in [0, 0.05) is 26.6 Å². The summed E-state index contributed by atoms with van der Waals surface area (Å²) in [6, 6.07) is 0. The highest BCUT2D eigenvalue weighted by Gasteiger charge is 2.05. The van der Waals surface area contributed by atoms with Crippen molar-refractivity contribution in [3.63, 3.8) is 0 Å². The van der Waals surface area contributed by atoms with Crippen molar-refractivity contribution in [2.45, 2.75) is 26.7 Å². The lowest BCUT2D eigenvalue weighted by atomic mass is 10.3. The SMILES string of the molecule is CCCC(=O)N(C)CCOCC. The number of rotatable bonds is 6. The van der Waals surface area contributed by atoms with Gasteiger partial charge in [-0.1, -0.05) is 6.92 Å². The van der Waals surface area contributed by atoms with Crippen LogP contribution in [0.4, 0.5) is 0 Å². The first kappa shape index (κ1) is 11.4. The van der Waals surface area contributed by atoms with Crippen LogP contribution in [0.2, 0.25) is 0 Å². The Morgan fingerprint density at radius 1 is 1.42 bits per heavy atom. The lowest BCUT2D eigenvalue weighted by molar-refractivity contribution is -0.130. The van der Waals surface area contributed by atoms with Crippen molar-refractivity contribution in [1.29, 1.82) is 0 Å². The lowest BCUT2D eigenvalue weighted by Gasteiger charge is -2.16. The van der Waals surface area contributed by atoms with Crippen LogP contribution in [0.1, 0.15) is 26.7 Å². The molecule has 0 aromatic rings. The molecule has 0 bridgehead atoms. The van der Waals surface area contributed by atoms with E-state index in [0.29, 0.717) is 19.6 Å². The summed E-state index contributed by atoms with van der Waals surface area (Å²) >= 11 is 0. The van der Waals surface area contributed by atoms with Gasteiger partial charge in [-0.3, -0.25) is 4.79 Å². The van der Waals surface area contributed by atoms with Gasteiger partial charge in [-0.15, -0.1) is 0 Å². The molecule has 72 valence electrons. The van der Waals surface area contributed by atoms with Crippen molar-refractivity contribution in [1.82, 2.24) is 4.90 Å². The number of nitrogens with zero attached hydrogens (tertiary/aromatic N) is 1. The second-order valence-corrected chi connectivity index (χ2v) is 2.76. The van der Waals surface area contributed by atoms with Crippen LogP contribution >= 0.6 is 0 Å². The standard InChI is InChI=1S/C9H19NO2/c1-4-6-9(11)10(3)7-8-12-5-2/h4-8H2,1-3H3. The van der Waals surface area contributed by atoms with E-state index >= 15 is 0 Å². The Labute approximate surface area is 74.7 Å². The van der Waals surface area contributed by atoms with E-state index in [2.05, 4.69) is 0 Å². The molecule has 0 saturated carbocycles. The molecule has 0 N–H and O–H groups in total. The van der Waals surface area contributed by atoms with Crippen LogP contribution in [0, 0.1) is 0 Å². The van der Waals surface area contributed by atoms with Crippen molar-refractivity contribution in [3.05, 3.63) is 0 Å². The highest BCUT2D eigenvalue weighted by molar-refractivity contribution is 5.75. The molecule has 0 rings (SSSR count). The van der Waals surface area contributed by atoms with E-state index in [4.69, 9.17) is 4.74 Å². The van der Waals surface area contributed by atoms with E-state index in [1.807, 2.05) is 20.9 Å². The van der Waals surface area contributed by atoms with Gasteiger partial charge in [0.15, 0.2) is 0 Å². The Bertz CT molecular complexity index is 126. The summed E-state index contributed by atoms with van der Waals surface area (Å²) in [4.78, 5) is 12.9. The van der Waals surface area contributed by atoms with Crippen LogP contribution in [0.15, 0.2) is 0 Å². The van der Waals surface area contributed by atoms with Crippen LogP contribution in [0.25, 0.3) is 0 Å². The second-order valence-electron chi connectivity index (χ2n) is 2.76. The maximum absolute atomic E-state index is 11.2. The summed E-state index contributed by atoms with van der Waals surface area (Å²) in [5.41, 5.74) is 0. The number of amides is 1. The van der Waals surface area contributed by atoms with E-state index in [0.717, 1.165) is 13.0 Å². The van der Waals surface area contributed by atoms with Crippen molar-refractivity contribution in [2.75, 3.05) is 26.8 Å². The summed E-state index contributed by atoms with van der Waals surface area (Å²) in [5.74, 6) is 0.206. The summed E-state index contributed by atoms with van der Waals surface area (Å²) in [6.45, 7) is 6.02. The summed E-state index contributed by atoms with van der Waals surface area (Å²) in [5, 5.41) is 0. The molecule has 12 heavy (non-hydrogen) atoms. The second kappa shape index (κ2) is 7.10. The molecule has 0 aromatic carbocycles. The minimum Gasteiger partial charge on any atom is -0.380 e. The fraction of sp³-hybridized carbons (Fsp3) is 0.889. The average Bonchev–Trinajstić information content (AvgIpc) is 2.05. The van der Waals surface area contributed by atoms with E-state index in [1.165, 1.54) is 0 Å². The van der Waals surface area contributed by atoms with Gasteiger partial charge in [-0.25, -0.2) is 0 Å². The molecule has 0 saturated heterocycles. The van der Waals surface area contributed by atoms with Gasteiger partial charge in [-0.2, -0.15) is 0 Å². The maximum atomic E-state index is 11.2. The van der Waals surface area contributed by atoms with E-state index < -0.39 is 0 Å². The predicted octanol–water partition coefficient (Wildman–Crippen LogP) is 1.28. The Balaban J connectivity index is 3.42. The first-order valence-electron chi connectivity index (χ1n) is 4.54. The number of hydrogen-bond acceptors (Lipinski definition) is 2. The maximum Gasteiger partial charge on any atom is 0.222 e. The molecule has 3 heteroatoms. The van der Waals surface area contributed by atoms with Gasteiger partial charge in [0.2, 0.25) is 5.91 Å². The third-order valence-corrected chi connectivity index (χ3v) is 1.66. The largest absolute Gasteiger partial charge is 0.380 e. The quantitative estimate of drug-likeness (QED) is 0.566. The van der Waals surface area contributed by atoms with E-state index in [-0.39, 0.29) is 5.91 Å². The zero-order valence-electron chi connectivity index (χ0n) is 8.30. The van der Waals surface area contributed by atoms with Gasteiger partial charge in [-0.05, 0) is 13.3 Å². The van der Waals surface area contributed by atoms with Crippen molar-refractivity contribution >= 4 is 5.91 Å². The number of carbonyl (C=O) groups excluding carboxylic acids is 1. The molecule has 0 unspecified atom stereocenters. The summed E-state index contributed by atoms with van der Waals surface area (Å²) < 4.78 is 5.14. The van der Waals surface area contributed by atoms with Crippen LogP contribution in [0.5, 0.6) is 0 Å². The van der Waals surface area contributed by atoms with Gasteiger partial charge in [0.1, 0.15) is 0 Å². The number of ether oxygens (including phenoxy) is 1. The minimum absolute atomic E-state index is 0.206. The van der Waals surface area contributed by atoms with Crippen molar-refractivity contribution in [2.24, 2.45) is 0 Å². The molecule has 0 fully saturated rings. The predicted molar refractivity (Wildman–Crippen MR) is 49.0 cm³/mol. The molecule has 0 spiro atoms. The molecular weight excluding hydrogens is 154 g/mol. The van der Waals surface area contributed by atoms with Crippen LogP contribution in [0.3, 0.4) is 0 Å². The smallest absolute Gasteiger partial charge is 0.222 e. The number of likely N-dealkylation sites (N-methyl/N-ethyl adjacent to an activating group) is 1. The summed E-state index contributed by atoms with van der Waals surface area (Å²) in [6.07, 6.45) is 1.56. The zero-order valence-corrected chi connectivity index (χ0v) is 8.30. The molecule has 0 radical (unpaired) electrons. The third kappa shape index (κ3) is 5.13. The Hall–Kier alpha value is -0.570. The van der Waals surface area contributed by atoms with E-state index in [9.17, 15) is 4.79 Å². The molecule has 0 aromatic heterocycles. The molecule has 3 nitrogen and oxygen atoms in total. The highest BCUT2D eigenvalue weighted by atomic mass is 16.5. The number of hydrogen-bond donors (Lipinski definition) is 0. The van der Waals surface area contributed by atoms with Crippen LogP contribution in [-0.2, 0) is 9.53 Å². The topological polar surface area (TPSA) is 29.5 Å². The van der Waals surface area contributed by atoms with Crippen LogP contribution in [-0.4, -0.2) is 37.6 Å². The fourth-order valence-electron chi connectivity index (χ4n) is 0.875. The Morgan fingerprint density at radius 3 is 2.58 bits per heavy atom. The van der Waals surface area contributed by atoms with Crippen molar-refractivity contribution in [3.8, 4) is 0 Å². The first-order chi connectivity index (χ1) is 5.72. The van der Waals surface area contributed by atoms with Gasteiger partial charge in [0.25, 0.3) is 0 Å². The van der Waals surface area contributed by atoms with Gasteiger partial charge >= 0.3 is 0 Å². The van der Waals surface area contributed by atoms with Gasteiger partial charge < -0.3 is 9.64 Å². The van der Waals surface area contributed by atoms with Crippen LogP contribution < -0.4 is 0 Å². The Kier molecular flexibility index (Phi) is 6.76.